The highest BCUT2D eigenvalue weighted by Gasteiger charge is 1.92. The van der Waals surface area contributed by atoms with Crippen molar-refractivity contribution in [2.75, 3.05) is 0 Å². The van der Waals surface area contributed by atoms with Gasteiger partial charge < -0.3 is 0 Å². The third-order valence-corrected chi connectivity index (χ3v) is 1.53. The van der Waals surface area contributed by atoms with Crippen LogP contribution in [0.5, 0.6) is 0 Å². The van der Waals surface area contributed by atoms with Crippen molar-refractivity contribution in [3.8, 4) is 0 Å². The highest BCUT2D eigenvalue weighted by molar-refractivity contribution is 9.10. The zero-order valence-corrected chi connectivity index (χ0v) is 6.94. The van der Waals surface area contributed by atoms with Crippen LogP contribution in [0.2, 0.25) is 0 Å². The Balaban J connectivity index is 2.75. The molecule has 0 saturated heterocycles. The lowest BCUT2D eigenvalue weighted by Gasteiger charge is -1.95. The van der Waals surface area contributed by atoms with Crippen LogP contribution < -0.4 is 0 Å². The van der Waals surface area contributed by atoms with Gasteiger partial charge in [0.2, 0.25) is 0 Å². The molecule has 0 bridgehead atoms. The van der Waals surface area contributed by atoms with Crippen LogP contribution >= 0.6 is 15.9 Å². The van der Waals surface area contributed by atoms with Crippen molar-refractivity contribution in [2.45, 2.75) is 6.42 Å². The standard InChI is InChI=1S/C8H7BrF/c9-5-4-7-2-1-3-8(10)6-7/h1-3,5-6H,4H2. The van der Waals surface area contributed by atoms with Gasteiger partial charge in [0, 0.05) is 5.33 Å². The molecule has 0 aliphatic carbocycles. The molecular formula is C8H7BrF. The van der Waals surface area contributed by atoms with Crippen molar-refractivity contribution in [2.24, 2.45) is 0 Å². The van der Waals surface area contributed by atoms with Crippen LogP contribution in [-0.4, -0.2) is 0 Å². The monoisotopic (exact) mass is 201 g/mol. The van der Waals surface area contributed by atoms with Crippen molar-refractivity contribution < 1.29 is 4.39 Å². The van der Waals surface area contributed by atoms with E-state index in [-0.39, 0.29) is 5.82 Å². The molecule has 0 amide bonds. The Morgan fingerprint density at radius 2 is 2.30 bits per heavy atom. The SMILES string of the molecule is Fc1cccc(C[CH]Br)c1. The third-order valence-electron chi connectivity index (χ3n) is 1.20. The lowest BCUT2D eigenvalue weighted by molar-refractivity contribution is 0.626. The number of rotatable bonds is 2. The maximum atomic E-state index is 12.5. The minimum Gasteiger partial charge on any atom is -0.207 e. The molecule has 1 aromatic rings. The van der Waals surface area contributed by atoms with Crippen molar-refractivity contribution >= 4 is 15.9 Å². The van der Waals surface area contributed by atoms with Gasteiger partial charge in [-0.3, -0.25) is 0 Å². The van der Waals surface area contributed by atoms with Gasteiger partial charge in [-0.05, 0) is 24.1 Å². The van der Waals surface area contributed by atoms with Crippen LogP contribution in [0.3, 0.4) is 0 Å². The van der Waals surface area contributed by atoms with Gasteiger partial charge in [-0.2, -0.15) is 0 Å². The van der Waals surface area contributed by atoms with Crippen molar-refractivity contribution in [3.63, 3.8) is 0 Å². The normalized spacial score (nSPS) is 9.80. The summed E-state index contributed by atoms with van der Waals surface area (Å²) in [5, 5.41) is 1.82. The predicted molar refractivity (Wildman–Crippen MR) is 43.3 cm³/mol. The maximum absolute atomic E-state index is 12.5. The molecule has 1 rings (SSSR count). The summed E-state index contributed by atoms with van der Waals surface area (Å²) in [5.74, 6) is -0.174. The molecule has 10 heavy (non-hydrogen) atoms. The lowest BCUT2D eigenvalue weighted by atomic mass is 10.2. The third kappa shape index (κ3) is 2.10. The second-order valence-corrected chi connectivity index (χ2v) is 2.64. The number of hydrogen-bond acceptors (Lipinski definition) is 0. The van der Waals surface area contributed by atoms with Gasteiger partial charge in [-0.15, -0.1) is 0 Å². The highest BCUT2D eigenvalue weighted by atomic mass is 79.9. The summed E-state index contributed by atoms with van der Waals surface area (Å²) in [7, 11) is 0. The van der Waals surface area contributed by atoms with E-state index in [0.29, 0.717) is 0 Å². The Hall–Kier alpha value is -0.370. The summed E-state index contributed by atoms with van der Waals surface area (Å²) >= 11 is 3.16. The van der Waals surface area contributed by atoms with Gasteiger partial charge in [-0.1, -0.05) is 28.1 Å². The molecule has 0 N–H and O–H groups in total. The first-order chi connectivity index (χ1) is 4.83. The molecule has 0 atom stereocenters. The Morgan fingerprint density at radius 1 is 1.50 bits per heavy atom. The summed E-state index contributed by atoms with van der Waals surface area (Å²) in [4.78, 5) is 0. The minimum atomic E-state index is -0.174. The first-order valence-corrected chi connectivity index (χ1v) is 3.91. The van der Waals surface area contributed by atoms with E-state index in [0.717, 1.165) is 12.0 Å². The smallest absolute Gasteiger partial charge is 0.123 e. The Morgan fingerprint density at radius 3 is 2.90 bits per heavy atom. The van der Waals surface area contributed by atoms with Gasteiger partial charge >= 0.3 is 0 Å². The maximum Gasteiger partial charge on any atom is 0.123 e. The second-order valence-electron chi connectivity index (χ2n) is 1.99. The second kappa shape index (κ2) is 3.71. The lowest BCUT2D eigenvalue weighted by Crippen LogP contribution is -1.82. The van der Waals surface area contributed by atoms with Crippen LogP contribution in [0.25, 0.3) is 0 Å². The van der Waals surface area contributed by atoms with Gasteiger partial charge in [0.05, 0.1) is 0 Å². The van der Waals surface area contributed by atoms with E-state index in [4.69, 9.17) is 0 Å². The van der Waals surface area contributed by atoms with E-state index in [1.807, 2.05) is 11.4 Å². The first kappa shape index (κ1) is 7.73. The highest BCUT2D eigenvalue weighted by Crippen LogP contribution is 2.07. The molecule has 0 fully saturated rings. The summed E-state index contributed by atoms with van der Waals surface area (Å²) < 4.78 is 12.5. The van der Waals surface area contributed by atoms with E-state index in [1.54, 1.807) is 6.07 Å². The molecule has 0 aliphatic heterocycles. The summed E-state index contributed by atoms with van der Waals surface area (Å²) in [5.41, 5.74) is 0.983. The number of halogens is 2. The fourth-order valence-electron chi connectivity index (χ4n) is 0.753. The molecule has 2 heteroatoms. The molecule has 0 saturated carbocycles. The molecule has 0 unspecified atom stereocenters. The van der Waals surface area contributed by atoms with Crippen LogP contribution in [0.4, 0.5) is 4.39 Å². The zero-order chi connectivity index (χ0) is 7.40. The van der Waals surface area contributed by atoms with Crippen LogP contribution in [-0.2, 0) is 6.42 Å². The molecule has 0 aliphatic rings. The fraction of sp³-hybridized carbons (Fsp3) is 0.125. The molecule has 53 valence electrons. The molecule has 1 radical (unpaired) electrons. The molecular weight excluding hydrogens is 195 g/mol. The Labute approximate surface area is 68.2 Å². The predicted octanol–water partition coefficient (Wildman–Crippen LogP) is 2.92. The van der Waals surface area contributed by atoms with E-state index in [9.17, 15) is 4.39 Å². The van der Waals surface area contributed by atoms with Crippen LogP contribution in [0.1, 0.15) is 5.56 Å². The summed E-state index contributed by atoms with van der Waals surface area (Å²) in [6.45, 7) is 0. The first-order valence-electron chi connectivity index (χ1n) is 2.99. The van der Waals surface area contributed by atoms with E-state index < -0.39 is 0 Å². The van der Waals surface area contributed by atoms with Gasteiger partial charge in [0.1, 0.15) is 5.82 Å². The molecule has 1 aromatic carbocycles. The molecule has 0 spiro atoms. The van der Waals surface area contributed by atoms with Crippen LogP contribution in [0, 0.1) is 11.1 Å². The van der Waals surface area contributed by atoms with Crippen molar-refractivity contribution in [1.82, 2.24) is 0 Å². The molecule has 0 heterocycles. The van der Waals surface area contributed by atoms with Crippen molar-refractivity contribution in [1.29, 1.82) is 0 Å². The zero-order valence-electron chi connectivity index (χ0n) is 5.35. The van der Waals surface area contributed by atoms with Crippen molar-refractivity contribution in [3.05, 3.63) is 41.0 Å². The van der Waals surface area contributed by atoms with Crippen LogP contribution in [0.15, 0.2) is 24.3 Å². The summed E-state index contributed by atoms with van der Waals surface area (Å²) in [6.07, 6.45) is 0.762. The Bertz CT molecular complexity index is 210. The largest absolute Gasteiger partial charge is 0.207 e. The minimum absolute atomic E-state index is 0.174. The number of hydrogen-bond donors (Lipinski definition) is 0. The van der Waals surface area contributed by atoms with Gasteiger partial charge in [0.25, 0.3) is 0 Å². The molecule has 0 aromatic heterocycles. The van der Waals surface area contributed by atoms with E-state index in [1.165, 1.54) is 12.1 Å². The topological polar surface area (TPSA) is 0 Å². The van der Waals surface area contributed by atoms with Gasteiger partial charge in [-0.25, -0.2) is 4.39 Å². The average molecular weight is 202 g/mol. The fourth-order valence-corrected chi connectivity index (χ4v) is 1.13. The Kier molecular flexibility index (Phi) is 2.87. The average Bonchev–Trinajstić information content (AvgIpc) is 1.88. The van der Waals surface area contributed by atoms with E-state index >= 15 is 0 Å². The molecule has 0 nitrogen and oxygen atoms in total. The van der Waals surface area contributed by atoms with Gasteiger partial charge in [0.15, 0.2) is 0 Å². The quantitative estimate of drug-likeness (QED) is 0.691. The number of benzene rings is 1. The summed E-state index contributed by atoms with van der Waals surface area (Å²) in [6, 6.07) is 6.57. The van der Waals surface area contributed by atoms with E-state index in [2.05, 4.69) is 15.9 Å².